The Bertz CT molecular complexity index is 1340. The van der Waals surface area contributed by atoms with E-state index in [0.717, 1.165) is 16.8 Å². The van der Waals surface area contributed by atoms with E-state index in [1.165, 1.54) is 23.6 Å². The van der Waals surface area contributed by atoms with E-state index in [1.807, 2.05) is 41.8 Å². The monoisotopic (exact) mass is 504 g/mol. The lowest BCUT2D eigenvalue weighted by molar-refractivity contribution is -0.385. The maximum absolute atomic E-state index is 12.6. The van der Waals surface area contributed by atoms with E-state index in [0.29, 0.717) is 48.4 Å². The van der Waals surface area contributed by atoms with Gasteiger partial charge in [0.05, 0.1) is 10.6 Å². The van der Waals surface area contributed by atoms with E-state index < -0.39 is 4.92 Å². The molecular weight excluding hydrogens is 480 g/mol. The highest BCUT2D eigenvalue weighted by molar-refractivity contribution is 7.13. The molecule has 0 spiro atoms. The lowest BCUT2D eigenvalue weighted by Crippen LogP contribution is -2.26. The summed E-state index contributed by atoms with van der Waals surface area (Å²) >= 11 is 1.37. The lowest BCUT2D eigenvalue weighted by Gasteiger charge is -2.11. The molecule has 2 aromatic heterocycles. The Hall–Kier alpha value is -4.51. The largest absolute Gasteiger partial charge is 0.488 e. The highest BCUT2D eigenvalue weighted by Crippen LogP contribution is 2.31. The van der Waals surface area contributed by atoms with Gasteiger partial charge in [-0.05, 0) is 42.3 Å². The molecule has 0 radical (unpaired) electrons. The molecule has 0 bridgehead atoms. The molecule has 4 rings (SSSR count). The van der Waals surface area contributed by atoms with E-state index >= 15 is 0 Å². The summed E-state index contributed by atoms with van der Waals surface area (Å²) in [6.45, 7) is 1.32. The van der Waals surface area contributed by atoms with Crippen LogP contribution in [0.15, 0.2) is 72.2 Å². The third-order valence-corrected chi connectivity index (χ3v) is 5.85. The molecule has 0 aliphatic rings. The van der Waals surface area contributed by atoms with Crippen LogP contribution in [-0.2, 0) is 6.61 Å². The molecule has 0 aliphatic heterocycles. The summed E-state index contributed by atoms with van der Waals surface area (Å²) in [5.74, 6) is 1.05. The van der Waals surface area contributed by atoms with Crippen LogP contribution in [0.2, 0.25) is 0 Å². The second-order valence-electron chi connectivity index (χ2n) is 7.75. The van der Waals surface area contributed by atoms with Gasteiger partial charge in [-0.15, -0.1) is 11.3 Å². The summed E-state index contributed by atoms with van der Waals surface area (Å²) in [7, 11) is 0. The summed E-state index contributed by atoms with van der Waals surface area (Å²) in [5, 5.41) is 19.0. The molecular formula is C25H24N6O4S. The Morgan fingerprint density at radius 1 is 1.11 bits per heavy atom. The van der Waals surface area contributed by atoms with E-state index in [9.17, 15) is 14.9 Å². The van der Waals surface area contributed by atoms with Crippen LogP contribution in [0.5, 0.6) is 5.75 Å². The van der Waals surface area contributed by atoms with Crippen LogP contribution in [0.1, 0.15) is 22.3 Å². The topological polar surface area (TPSA) is 145 Å². The molecule has 0 atom stereocenters. The molecule has 4 N–H and O–H groups in total. The Morgan fingerprint density at radius 3 is 2.72 bits per heavy atom. The van der Waals surface area contributed by atoms with Crippen LogP contribution in [0.3, 0.4) is 0 Å². The normalized spacial score (nSPS) is 10.6. The smallest absolute Gasteiger partial charge is 0.287 e. The van der Waals surface area contributed by atoms with Gasteiger partial charge in [0.2, 0.25) is 0 Å². The van der Waals surface area contributed by atoms with Crippen molar-refractivity contribution in [2.75, 3.05) is 24.1 Å². The van der Waals surface area contributed by atoms with Gasteiger partial charge in [-0.3, -0.25) is 14.9 Å². The molecule has 10 nitrogen and oxygen atoms in total. The number of thiazole rings is 1. The summed E-state index contributed by atoms with van der Waals surface area (Å²) in [6.07, 6.45) is 1.86. The number of anilines is 2. The first-order valence-electron chi connectivity index (χ1n) is 11.1. The van der Waals surface area contributed by atoms with Crippen molar-refractivity contribution in [3.63, 3.8) is 0 Å². The zero-order chi connectivity index (χ0) is 25.3. The maximum atomic E-state index is 12.6. The Morgan fingerprint density at radius 2 is 1.97 bits per heavy atom. The van der Waals surface area contributed by atoms with Crippen molar-refractivity contribution in [3.05, 3.63) is 93.5 Å². The minimum Gasteiger partial charge on any atom is -0.488 e. The van der Waals surface area contributed by atoms with Crippen LogP contribution < -0.4 is 21.1 Å². The van der Waals surface area contributed by atoms with Crippen LogP contribution in [0.25, 0.3) is 11.3 Å². The summed E-state index contributed by atoms with van der Waals surface area (Å²) < 4.78 is 6.04. The van der Waals surface area contributed by atoms with Gasteiger partial charge in [0.25, 0.3) is 11.6 Å². The number of hydrogen-bond acceptors (Lipinski definition) is 9. The number of rotatable bonds is 11. The molecule has 0 saturated heterocycles. The number of nitrogen functional groups attached to an aromatic ring is 1. The fourth-order valence-electron chi connectivity index (χ4n) is 3.39. The number of ether oxygens (including phenoxy) is 1. The van der Waals surface area contributed by atoms with Crippen molar-refractivity contribution < 1.29 is 14.5 Å². The number of nitrogens with one attached hydrogen (secondary N) is 2. The van der Waals surface area contributed by atoms with Gasteiger partial charge in [0.15, 0.2) is 5.13 Å². The molecule has 0 unspecified atom stereocenters. The highest BCUT2D eigenvalue weighted by atomic mass is 32.1. The minimum atomic E-state index is -0.495. The Kier molecular flexibility index (Phi) is 8.04. The summed E-state index contributed by atoms with van der Waals surface area (Å²) in [6, 6.07) is 17.8. The fourth-order valence-corrected chi connectivity index (χ4v) is 3.95. The Balaban J connectivity index is 1.25. The predicted octanol–water partition coefficient (Wildman–Crippen LogP) is 4.51. The molecule has 1 amide bonds. The van der Waals surface area contributed by atoms with E-state index in [4.69, 9.17) is 10.5 Å². The van der Waals surface area contributed by atoms with Gasteiger partial charge in [-0.2, -0.15) is 0 Å². The number of aromatic nitrogens is 2. The number of nitrogens with two attached hydrogens (primary N) is 1. The number of pyridine rings is 1. The SMILES string of the molecule is Nc1nc(-c2ccccc2OCc2cccc(C(=O)NCCCNc3ccc([N+](=O)[O-])cn3)c2)cs1. The first-order valence-corrected chi connectivity index (χ1v) is 12.0. The quantitative estimate of drug-likeness (QED) is 0.154. The first-order chi connectivity index (χ1) is 17.5. The van der Waals surface area contributed by atoms with E-state index in [1.54, 1.807) is 18.2 Å². The third kappa shape index (κ3) is 6.54. The predicted molar refractivity (Wildman–Crippen MR) is 139 cm³/mol. The molecule has 0 fully saturated rings. The van der Waals surface area contributed by atoms with Crippen LogP contribution >= 0.6 is 11.3 Å². The molecule has 11 heteroatoms. The number of carbonyl (C=O) groups is 1. The van der Waals surface area contributed by atoms with Crippen LogP contribution in [0, 0.1) is 10.1 Å². The average Bonchev–Trinajstić information content (AvgIpc) is 3.33. The van der Waals surface area contributed by atoms with Crippen molar-refractivity contribution in [1.29, 1.82) is 0 Å². The van der Waals surface area contributed by atoms with Gasteiger partial charge in [0.1, 0.15) is 24.4 Å². The van der Waals surface area contributed by atoms with Gasteiger partial charge in [-0.1, -0.05) is 24.3 Å². The van der Waals surface area contributed by atoms with Gasteiger partial charge in [-0.25, -0.2) is 9.97 Å². The third-order valence-electron chi connectivity index (χ3n) is 5.17. The van der Waals surface area contributed by atoms with Crippen LogP contribution in [-0.4, -0.2) is 33.9 Å². The molecule has 0 aliphatic carbocycles. The standard InChI is InChI=1S/C25H24N6O4S/c26-25-30-21(16-36-25)20-7-1-2-8-22(20)35-15-17-5-3-6-18(13-17)24(32)28-12-4-11-27-23-10-9-19(14-29-23)31(33)34/h1-3,5-10,13-14,16H,4,11-12,15H2,(H2,26,30)(H,27,29)(H,28,32). The number of amides is 1. The number of nitro groups is 1. The number of hydrogen-bond donors (Lipinski definition) is 3. The number of carbonyl (C=O) groups excluding carboxylic acids is 1. The number of para-hydroxylation sites is 1. The summed E-state index contributed by atoms with van der Waals surface area (Å²) in [4.78, 5) is 31.1. The molecule has 2 heterocycles. The van der Waals surface area contributed by atoms with Crippen molar-refractivity contribution in [2.24, 2.45) is 0 Å². The summed E-state index contributed by atoms with van der Waals surface area (Å²) in [5.41, 5.74) is 8.74. The van der Waals surface area contributed by atoms with Crippen molar-refractivity contribution in [1.82, 2.24) is 15.3 Å². The Labute approximate surface area is 211 Å². The second-order valence-corrected chi connectivity index (χ2v) is 8.64. The number of benzene rings is 2. The molecule has 184 valence electrons. The second kappa shape index (κ2) is 11.8. The van der Waals surface area contributed by atoms with Crippen LogP contribution in [0.4, 0.5) is 16.6 Å². The van der Waals surface area contributed by atoms with Crippen molar-refractivity contribution >= 4 is 33.9 Å². The first kappa shape index (κ1) is 24.6. The minimum absolute atomic E-state index is 0.0608. The zero-order valence-corrected chi connectivity index (χ0v) is 20.0. The van der Waals surface area contributed by atoms with Gasteiger partial charge >= 0.3 is 0 Å². The molecule has 0 saturated carbocycles. The lowest BCUT2D eigenvalue weighted by atomic mass is 10.1. The van der Waals surface area contributed by atoms with E-state index in [2.05, 4.69) is 20.6 Å². The van der Waals surface area contributed by atoms with Crippen molar-refractivity contribution in [2.45, 2.75) is 13.0 Å². The maximum Gasteiger partial charge on any atom is 0.287 e. The van der Waals surface area contributed by atoms with E-state index in [-0.39, 0.29) is 11.6 Å². The molecule has 36 heavy (non-hydrogen) atoms. The molecule has 2 aromatic carbocycles. The van der Waals surface area contributed by atoms with Gasteiger partial charge < -0.3 is 21.1 Å². The average molecular weight is 505 g/mol. The molecule has 4 aromatic rings. The van der Waals surface area contributed by atoms with Crippen molar-refractivity contribution in [3.8, 4) is 17.0 Å². The highest BCUT2D eigenvalue weighted by Gasteiger charge is 2.11. The fraction of sp³-hybridized carbons (Fsp3) is 0.160. The zero-order valence-electron chi connectivity index (χ0n) is 19.2. The van der Waals surface area contributed by atoms with Gasteiger partial charge in [0, 0.05) is 35.7 Å². The number of nitrogens with zero attached hydrogens (tertiary/aromatic N) is 3.